The van der Waals surface area contributed by atoms with Gasteiger partial charge in [-0.3, -0.25) is 0 Å². The summed E-state index contributed by atoms with van der Waals surface area (Å²) < 4.78 is 6.63. The van der Waals surface area contributed by atoms with E-state index in [9.17, 15) is 4.79 Å². The van der Waals surface area contributed by atoms with Crippen LogP contribution in [0.3, 0.4) is 0 Å². The smallest absolute Gasteiger partial charge is 0.319 e. The normalized spacial score (nSPS) is 15.5. The fraction of sp³-hybridized carbons (Fsp3) is 0.300. The van der Waals surface area contributed by atoms with Gasteiger partial charge in [-0.15, -0.1) is 11.3 Å². The summed E-state index contributed by atoms with van der Waals surface area (Å²) >= 11 is 1.70. The lowest BCUT2D eigenvalue weighted by atomic mass is 10.2. The molecular weight excluding hydrogens is 360 g/mol. The van der Waals surface area contributed by atoms with E-state index < -0.39 is 0 Å². The molecule has 140 valence electrons. The monoisotopic (exact) mass is 382 g/mol. The second-order valence-electron chi connectivity index (χ2n) is 6.48. The fourth-order valence-corrected chi connectivity index (χ4v) is 4.23. The number of carbonyl (C=O) groups is 1. The molecule has 1 unspecified atom stereocenters. The molecule has 0 saturated carbocycles. The van der Waals surface area contributed by atoms with Crippen molar-refractivity contribution < 1.29 is 9.53 Å². The van der Waals surface area contributed by atoms with Crippen molar-refractivity contribution in [2.24, 2.45) is 0 Å². The molecule has 1 aliphatic rings. The minimum Gasteiger partial charge on any atom is -0.378 e. The van der Waals surface area contributed by atoms with Gasteiger partial charge in [0.2, 0.25) is 0 Å². The number of pyridine rings is 1. The zero-order valence-corrected chi connectivity index (χ0v) is 16.0. The number of amides is 2. The third-order valence-electron chi connectivity index (χ3n) is 4.56. The summed E-state index contributed by atoms with van der Waals surface area (Å²) in [4.78, 5) is 20.3. The summed E-state index contributed by atoms with van der Waals surface area (Å²) in [5.74, 6) is 0.783. The van der Waals surface area contributed by atoms with E-state index in [-0.39, 0.29) is 12.1 Å². The van der Waals surface area contributed by atoms with Crippen LogP contribution in [0, 0.1) is 0 Å². The molecule has 2 amide bonds. The number of hydrogen-bond acceptors (Lipinski definition) is 5. The molecule has 0 radical (unpaired) electrons. The largest absolute Gasteiger partial charge is 0.378 e. The summed E-state index contributed by atoms with van der Waals surface area (Å²) in [5.41, 5.74) is 0.709. The molecule has 1 saturated heterocycles. The van der Waals surface area contributed by atoms with Crippen LogP contribution in [0.5, 0.6) is 0 Å². The van der Waals surface area contributed by atoms with Gasteiger partial charge in [0.25, 0.3) is 0 Å². The molecule has 27 heavy (non-hydrogen) atoms. The van der Waals surface area contributed by atoms with E-state index in [0.29, 0.717) is 18.9 Å². The van der Waals surface area contributed by atoms with Crippen molar-refractivity contribution in [1.82, 2.24) is 10.3 Å². The number of fused-ring (bicyclic) bond motifs is 1. The zero-order chi connectivity index (χ0) is 18.6. The van der Waals surface area contributed by atoms with Gasteiger partial charge in [0, 0.05) is 28.9 Å². The topological polar surface area (TPSA) is 66.5 Å². The zero-order valence-electron chi connectivity index (χ0n) is 15.1. The first-order valence-electron chi connectivity index (χ1n) is 9.04. The number of benzene rings is 1. The van der Waals surface area contributed by atoms with Crippen molar-refractivity contribution in [3.63, 3.8) is 0 Å². The first-order chi connectivity index (χ1) is 13.2. The van der Waals surface area contributed by atoms with Crippen molar-refractivity contribution in [3.8, 4) is 0 Å². The molecule has 3 heterocycles. The van der Waals surface area contributed by atoms with Crippen LogP contribution in [-0.4, -0.2) is 37.3 Å². The Kier molecular flexibility index (Phi) is 5.22. The number of carbonyl (C=O) groups excluding carboxylic acids is 1. The summed E-state index contributed by atoms with van der Waals surface area (Å²) in [6.45, 7) is 4.88. The highest BCUT2D eigenvalue weighted by molar-refractivity contribution is 7.19. The third-order valence-corrected chi connectivity index (χ3v) is 5.86. The lowest BCUT2D eigenvalue weighted by Crippen LogP contribution is -2.38. The molecule has 1 aromatic carbocycles. The molecule has 3 aromatic rings. The SMILES string of the molecule is CC(NC(=O)Nc1cccnc1N1CCOCC1)c1cc2ccccc2s1. The molecule has 0 spiro atoms. The van der Waals surface area contributed by atoms with E-state index in [1.165, 1.54) is 10.1 Å². The number of nitrogens with zero attached hydrogens (tertiary/aromatic N) is 2. The van der Waals surface area contributed by atoms with E-state index in [2.05, 4.69) is 38.7 Å². The highest BCUT2D eigenvalue weighted by Gasteiger charge is 2.18. The standard InChI is InChI=1S/C20H22N4O2S/c1-14(18-13-15-5-2-3-7-17(15)27-18)22-20(25)23-16-6-4-8-21-19(16)24-9-11-26-12-10-24/h2-8,13-14H,9-12H2,1H3,(H2,22,23,25). The molecular formula is C20H22N4O2S. The number of ether oxygens (including phenoxy) is 1. The molecule has 1 fully saturated rings. The molecule has 7 heteroatoms. The number of nitrogens with one attached hydrogen (secondary N) is 2. The summed E-state index contributed by atoms with van der Waals surface area (Å²) in [7, 11) is 0. The average molecular weight is 382 g/mol. The number of aromatic nitrogens is 1. The van der Waals surface area contributed by atoms with E-state index in [1.807, 2.05) is 31.2 Å². The van der Waals surface area contributed by atoms with Crippen LogP contribution in [-0.2, 0) is 4.74 Å². The molecule has 2 N–H and O–H groups in total. The Morgan fingerprint density at radius 3 is 2.85 bits per heavy atom. The lowest BCUT2D eigenvalue weighted by Gasteiger charge is -2.29. The van der Waals surface area contributed by atoms with Crippen molar-refractivity contribution >= 4 is 39.0 Å². The second-order valence-corrected chi connectivity index (χ2v) is 7.60. The van der Waals surface area contributed by atoms with Crippen LogP contribution in [0.15, 0.2) is 48.7 Å². The van der Waals surface area contributed by atoms with Crippen LogP contribution in [0.4, 0.5) is 16.3 Å². The van der Waals surface area contributed by atoms with Gasteiger partial charge in [-0.25, -0.2) is 9.78 Å². The van der Waals surface area contributed by atoms with Crippen molar-refractivity contribution in [1.29, 1.82) is 0 Å². The maximum atomic E-state index is 12.6. The molecule has 6 nitrogen and oxygen atoms in total. The van der Waals surface area contributed by atoms with Gasteiger partial charge < -0.3 is 20.3 Å². The van der Waals surface area contributed by atoms with Crippen molar-refractivity contribution in [2.75, 3.05) is 36.5 Å². The van der Waals surface area contributed by atoms with E-state index >= 15 is 0 Å². The van der Waals surface area contributed by atoms with Gasteiger partial charge in [0.1, 0.15) is 0 Å². The summed E-state index contributed by atoms with van der Waals surface area (Å²) in [5, 5.41) is 7.18. The highest BCUT2D eigenvalue weighted by Crippen LogP contribution is 2.30. The Labute approximate surface area is 162 Å². The molecule has 1 aliphatic heterocycles. The fourth-order valence-electron chi connectivity index (χ4n) is 3.16. The highest BCUT2D eigenvalue weighted by atomic mass is 32.1. The Balaban J connectivity index is 1.44. The van der Waals surface area contributed by atoms with E-state index in [4.69, 9.17) is 4.74 Å². The number of hydrogen-bond donors (Lipinski definition) is 2. The predicted octanol–water partition coefficient (Wildman–Crippen LogP) is 4.02. The van der Waals surface area contributed by atoms with Gasteiger partial charge in [-0.05, 0) is 36.6 Å². The van der Waals surface area contributed by atoms with Crippen molar-refractivity contribution in [2.45, 2.75) is 13.0 Å². The number of rotatable bonds is 4. The van der Waals surface area contributed by atoms with Crippen LogP contribution in [0.1, 0.15) is 17.8 Å². The van der Waals surface area contributed by atoms with Crippen LogP contribution in [0.2, 0.25) is 0 Å². The number of thiophene rings is 1. The summed E-state index contributed by atoms with van der Waals surface area (Å²) in [6.07, 6.45) is 1.74. The number of urea groups is 1. The van der Waals surface area contributed by atoms with Gasteiger partial charge in [0.15, 0.2) is 5.82 Å². The predicted molar refractivity (Wildman–Crippen MR) is 110 cm³/mol. The van der Waals surface area contributed by atoms with Gasteiger partial charge in [-0.1, -0.05) is 18.2 Å². The Morgan fingerprint density at radius 2 is 2.04 bits per heavy atom. The van der Waals surface area contributed by atoms with Crippen molar-refractivity contribution in [3.05, 3.63) is 53.5 Å². The Morgan fingerprint density at radius 1 is 1.22 bits per heavy atom. The summed E-state index contributed by atoms with van der Waals surface area (Å²) in [6, 6.07) is 13.8. The molecule has 0 bridgehead atoms. The minimum atomic E-state index is -0.234. The van der Waals surface area contributed by atoms with E-state index in [1.54, 1.807) is 17.5 Å². The van der Waals surface area contributed by atoms with Crippen LogP contribution >= 0.6 is 11.3 Å². The lowest BCUT2D eigenvalue weighted by molar-refractivity contribution is 0.122. The number of anilines is 2. The molecule has 1 atom stereocenters. The van der Waals surface area contributed by atoms with Gasteiger partial charge >= 0.3 is 6.03 Å². The van der Waals surface area contributed by atoms with Gasteiger partial charge in [-0.2, -0.15) is 0 Å². The first kappa shape index (κ1) is 17.8. The molecule has 0 aliphatic carbocycles. The third kappa shape index (κ3) is 4.04. The molecule has 2 aromatic heterocycles. The van der Waals surface area contributed by atoms with Crippen LogP contribution < -0.4 is 15.5 Å². The second kappa shape index (κ2) is 7.94. The average Bonchev–Trinajstić information content (AvgIpc) is 3.13. The maximum absolute atomic E-state index is 12.6. The molecule has 4 rings (SSSR count). The maximum Gasteiger partial charge on any atom is 0.319 e. The Bertz CT molecular complexity index is 903. The van der Waals surface area contributed by atoms with E-state index in [0.717, 1.165) is 23.8 Å². The first-order valence-corrected chi connectivity index (χ1v) is 9.86. The Hall–Kier alpha value is -2.64. The quantitative estimate of drug-likeness (QED) is 0.715. The van der Waals surface area contributed by atoms with Crippen LogP contribution in [0.25, 0.3) is 10.1 Å². The minimum absolute atomic E-state index is 0.0779. The van der Waals surface area contributed by atoms with Gasteiger partial charge in [0.05, 0.1) is 24.9 Å². The number of morpholine rings is 1.